The average Bonchev–Trinajstić information content (AvgIpc) is 2.96. The third-order valence-corrected chi connectivity index (χ3v) is 7.04. The zero-order valence-electron chi connectivity index (χ0n) is 13.5. The average molecular weight is 364 g/mol. The van der Waals surface area contributed by atoms with Crippen molar-refractivity contribution in [2.24, 2.45) is 0 Å². The third-order valence-electron chi connectivity index (χ3n) is 3.67. The number of rotatable bonds is 5. The molecule has 0 aliphatic heterocycles. The summed E-state index contributed by atoms with van der Waals surface area (Å²) in [7, 11) is 0. The molecule has 0 saturated heterocycles. The van der Waals surface area contributed by atoms with Crippen LogP contribution in [0.5, 0.6) is 0 Å². The predicted molar refractivity (Wildman–Crippen MR) is 90.6 cm³/mol. The van der Waals surface area contributed by atoms with Crippen molar-refractivity contribution in [2.45, 2.75) is 44.6 Å². The van der Waals surface area contributed by atoms with Gasteiger partial charge in [-0.25, -0.2) is 0 Å². The zero-order chi connectivity index (χ0) is 16.3. The van der Waals surface area contributed by atoms with Crippen LogP contribution in [0, 0.1) is 0 Å². The van der Waals surface area contributed by atoms with Crippen LogP contribution in [-0.4, -0.2) is 36.7 Å². The molecule has 4 heteroatoms. The number of hydrogen-bond acceptors (Lipinski definition) is 2. The first-order chi connectivity index (χ1) is 10.4. The quantitative estimate of drug-likeness (QED) is 0.754. The van der Waals surface area contributed by atoms with Crippen LogP contribution in [0.2, 0.25) is 4.82 Å². The molecular weight excluding hydrogens is 341 g/mol. The number of amides is 1. The Morgan fingerprint density at radius 2 is 1.68 bits per heavy atom. The summed E-state index contributed by atoms with van der Waals surface area (Å²) in [5.74, 6) is 0.000492. The number of hydrogen-bond donors (Lipinski definition) is 0. The Balaban J connectivity index is 2.25. The van der Waals surface area contributed by atoms with E-state index in [4.69, 9.17) is 0 Å². The van der Waals surface area contributed by atoms with Gasteiger partial charge in [0.1, 0.15) is 0 Å². The first kappa shape index (κ1) is 16.9. The Hall–Kier alpha value is -1.51. The fourth-order valence-electron chi connectivity index (χ4n) is 2.75. The molecule has 3 nitrogen and oxygen atoms in total. The van der Waals surface area contributed by atoms with E-state index in [2.05, 4.69) is 0 Å². The summed E-state index contributed by atoms with van der Waals surface area (Å²) >= 11 is -2.33. The van der Waals surface area contributed by atoms with Gasteiger partial charge in [0.15, 0.2) is 0 Å². The van der Waals surface area contributed by atoms with Gasteiger partial charge in [-0.1, -0.05) is 0 Å². The second-order valence-corrected chi connectivity index (χ2v) is 9.24. The van der Waals surface area contributed by atoms with Crippen molar-refractivity contribution in [1.29, 1.82) is 0 Å². The van der Waals surface area contributed by atoms with Crippen LogP contribution in [-0.2, 0) is 8.63 Å². The Kier molecular flexibility index (Phi) is 5.49. The van der Waals surface area contributed by atoms with Gasteiger partial charge in [0, 0.05) is 0 Å². The van der Waals surface area contributed by atoms with E-state index in [0.29, 0.717) is 5.57 Å². The molecule has 0 aromatic heterocycles. The molecule has 0 N–H and O–H groups in total. The summed E-state index contributed by atoms with van der Waals surface area (Å²) in [5, 5.41) is 0. The SMILES string of the molecule is CC(C)N(C(=O)C1=CC=CC1[Se](=O)c1ccccc1)C(C)C. The Bertz CT molecular complexity index is 609. The van der Waals surface area contributed by atoms with E-state index in [-0.39, 0.29) is 22.8 Å². The van der Waals surface area contributed by atoms with E-state index >= 15 is 0 Å². The first-order valence-corrected chi connectivity index (χ1v) is 10.1. The van der Waals surface area contributed by atoms with E-state index in [1.165, 1.54) is 0 Å². The summed E-state index contributed by atoms with van der Waals surface area (Å²) in [5.41, 5.74) is 0.659. The number of nitrogens with zero attached hydrogens (tertiary/aromatic N) is 1. The normalized spacial score (nSPS) is 18.6. The van der Waals surface area contributed by atoms with Crippen molar-refractivity contribution < 1.29 is 8.63 Å². The van der Waals surface area contributed by atoms with Crippen LogP contribution in [0.15, 0.2) is 54.1 Å². The monoisotopic (exact) mass is 365 g/mol. The number of carbonyl (C=O) groups is 1. The molecule has 2 unspecified atom stereocenters. The maximum atomic E-state index is 12.9. The fraction of sp³-hybridized carbons (Fsp3) is 0.389. The van der Waals surface area contributed by atoms with Gasteiger partial charge in [-0.3, -0.25) is 0 Å². The molecule has 1 aliphatic carbocycles. The molecule has 118 valence electrons. The third kappa shape index (κ3) is 3.45. The number of allylic oxidation sites excluding steroid dienone is 3. The van der Waals surface area contributed by atoms with Gasteiger partial charge in [0.05, 0.1) is 0 Å². The van der Waals surface area contributed by atoms with Gasteiger partial charge in [0.2, 0.25) is 0 Å². The van der Waals surface area contributed by atoms with Crippen LogP contribution in [0.1, 0.15) is 27.7 Å². The summed E-state index contributed by atoms with van der Waals surface area (Å²) in [6.07, 6.45) is 5.58. The maximum absolute atomic E-state index is 12.9. The van der Waals surface area contributed by atoms with Gasteiger partial charge < -0.3 is 0 Å². The van der Waals surface area contributed by atoms with Crippen molar-refractivity contribution in [3.05, 3.63) is 54.1 Å². The summed E-state index contributed by atoms with van der Waals surface area (Å²) < 4.78 is 13.7. The van der Waals surface area contributed by atoms with Crippen molar-refractivity contribution in [1.82, 2.24) is 4.90 Å². The molecule has 1 aromatic carbocycles. The molecule has 2 rings (SSSR count). The second kappa shape index (κ2) is 7.17. The molecule has 0 spiro atoms. The van der Waals surface area contributed by atoms with E-state index in [1.807, 2.05) is 81.2 Å². The topological polar surface area (TPSA) is 37.4 Å². The molecule has 0 heterocycles. The molecule has 0 bridgehead atoms. The summed E-state index contributed by atoms with van der Waals surface area (Å²) in [6.45, 7) is 8.05. The van der Waals surface area contributed by atoms with Crippen molar-refractivity contribution in [3.63, 3.8) is 0 Å². The molecule has 0 fully saturated rings. The van der Waals surface area contributed by atoms with Gasteiger partial charge >= 0.3 is 136 Å². The molecule has 22 heavy (non-hydrogen) atoms. The van der Waals surface area contributed by atoms with Gasteiger partial charge in [0.25, 0.3) is 0 Å². The minimum atomic E-state index is -2.33. The second-order valence-electron chi connectivity index (χ2n) is 5.94. The summed E-state index contributed by atoms with van der Waals surface area (Å²) in [6, 6.07) is 9.70. The van der Waals surface area contributed by atoms with Crippen LogP contribution in [0.3, 0.4) is 0 Å². The molecule has 1 aliphatic rings. The van der Waals surface area contributed by atoms with E-state index in [0.717, 1.165) is 4.46 Å². The molecule has 1 aromatic rings. The standard InChI is InChI=1S/C18H23NO2Se/c1-13(2)19(14(3)4)18(20)16-11-8-12-17(16)22(21)15-9-6-5-7-10-15/h5-14,17H,1-4H3. The molecule has 0 saturated carbocycles. The fourth-order valence-corrected chi connectivity index (χ4v) is 5.61. The Morgan fingerprint density at radius 1 is 1.09 bits per heavy atom. The predicted octanol–water partition coefficient (Wildman–Crippen LogP) is 2.83. The van der Waals surface area contributed by atoms with E-state index in [9.17, 15) is 8.63 Å². The van der Waals surface area contributed by atoms with Crippen LogP contribution in [0.25, 0.3) is 0 Å². The Morgan fingerprint density at radius 3 is 2.23 bits per heavy atom. The van der Waals surface area contributed by atoms with E-state index < -0.39 is 13.8 Å². The minimum absolute atomic E-state index is 0.000492. The van der Waals surface area contributed by atoms with Crippen LogP contribution < -0.4 is 4.46 Å². The van der Waals surface area contributed by atoms with Gasteiger partial charge in [-0.2, -0.15) is 0 Å². The first-order valence-electron chi connectivity index (χ1n) is 7.60. The number of carbonyl (C=O) groups excluding carboxylic acids is 1. The molecular formula is C18H23NO2Se. The van der Waals surface area contributed by atoms with Gasteiger partial charge in [-0.15, -0.1) is 0 Å². The van der Waals surface area contributed by atoms with Crippen LogP contribution >= 0.6 is 0 Å². The molecule has 2 atom stereocenters. The van der Waals surface area contributed by atoms with Crippen molar-refractivity contribution in [3.8, 4) is 0 Å². The number of benzene rings is 1. The van der Waals surface area contributed by atoms with Crippen LogP contribution in [0.4, 0.5) is 0 Å². The van der Waals surface area contributed by atoms with Crippen molar-refractivity contribution >= 4 is 24.2 Å². The van der Waals surface area contributed by atoms with Gasteiger partial charge in [-0.05, 0) is 0 Å². The molecule has 0 radical (unpaired) electrons. The Labute approximate surface area is 136 Å². The molecule has 1 amide bonds. The summed E-state index contributed by atoms with van der Waals surface area (Å²) in [4.78, 5) is 14.5. The zero-order valence-corrected chi connectivity index (χ0v) is 15.2. The van der Waals surface area contributed by atoms with E-state index in [1.54, 1.807) is 0 Å². The van der Waals surface area contributed by atoms with Crippen molar-refractivity contribution in [2.75, 3.05) is 0 Å².